The van der Waals surface area contributed by atoms with Crippen LogP contribution < -0.4 is 11.1 Å². The Morgan fingerprint density at radius 2 is 2.15 bits per heavy atom. The summed E-state index contributed by atoms with van der Waals surface area (Å²) in [5.74, 6) is 0.797. The van der Waals surface area contributed by atoms with Gasteiger partial charge in [-0.25, -0.2) is 0 Å². The van der Waals surface area contributed by atoms with E-state index in [2.05, 4.69) is 5.32 Å². The van der Waals surface area contributed by atoms with Gasteiger partial charge >= 0.3 is 0 Å². The standard InChI is InChI=1S/C15H18N2O2.ClH/c1-9-11-4-2-3-5-13(11)19-14(9)15(18)17-8-12(16)10-6-7-10;/h2-5,10,12H,6-8,16H2,1H3,(H,17,18);1H. The molecule has 1 atom stereocenters. The van der Waals surface area contributed by atoms with Gasteiger partial charge in [0.15, 0.2) is 5.76 Å². The highest BCUT2D eigenvalue weighted by atomic mass is 35.5. The van der Waals surface area contributed by atoms with Crippen molar-refractivity contribution in [1.29, 1.82) is 0 Å². The minimum Gasteiger partial charge on any atom is -0.451 e. The maximum atomic E-state index is 12.1. The van der Waals surface area contributed by atoms with E-state index in [4.69, 9.17) is 10.2 Å². The van der Waals surface area contributed by atoms with E-state index in [0.29, 0.717) is 18.2 Å². The second-order valence-electron chi connectivity index (χ2n) is 5.26. The maximum absolute atomic E-state index is 12.1. The molecule has 0 radical (unpaired) electrons. The first-order valence-corrected chi connectivity index (χ1v) is 6.68. The van der Waals surface area contributed by atoms with Crippen molar-refractivity contribution in [3.8, 4) is 0 Å². The highest BCUT2D eigenvalue weighted by Gasteiger charge is 2.29. The van der Waals surface area contributed by atoms with Crippen LogP contribution in [0.4, 0.5) is 0 Å². The van der Waals surface area contributed by atoms with E-state index in [1.54, 1.807) is 0 Å². The number of furan rings is 1. The van der Waals surface area contributed by atoms with E-state index in [9.17, 15) is 4.79 Å². The third-order valence-electron chi connectivity index (χ3n) is 3.78. The third-order valence-corrected chi connectivity index (χ3v) is 3.78. The van der Waals surface area contributed by atoms with E-state index in [1.807, 2.05) is 31.2 Å². The van der Waals surface area contributed by atoms with Crippen LogP contribution >= 0.6 is 12.4 Å². The van der Waals surface area contributed by atoms with Crippen molar-refractivity contribution in [2.75, 3.05) is 6.54 Å². The highest BCUT2D eigenvalue weighted by molar-refractivity contribution is 5.98. The van der Waals surface area contributed by atoms with Gasteiger partial charge in [-0.1, -0.05) is 18.2 Å². The molecule has 1 fully saturated rings. The molecule has 1 unspecified atom stereocenters. The predicted octanol–water partition coefficient (Wildman–Crippen LogP) is 2.63. The van der Waals surface area contributed by atoms with Crippen LogP contribution in [0.25, 0.3) is 11.0 Å². The number of fused-ring (bicyclic) bond motifs is 1. The Bertz CT molecular complexity index is 619. The average molecular weight is 295 g/mol. The summed E-state index contributed by atoms with van der Waals surface area (Å²) in [5, 5.41) is 3.85. The van der Waals surface area contributed by atoms with Crippen LogP contribution in [0.5, 0.6) is 0 Å². The molecule has 0 spiro atoms. The van der Waals surface area contributed by atoms with Crippen molar-refractivity contribution < 1.29 is 9.21 Å². The van der Waals surface area contributed by atoms with Crippen LogP contribution in [0.2, 0.25) is 0 Å². The molecule has 3 N–H and O–H groups in total. The molecule has 0 aliphatic heterocycles. The van der Waals surface area contributed by atoms with Gasteiger partial charge in [-0.05, 0) is 31.7 Å². The van der Waals surface area contributed by atoms with E-state index in [-0.39, 0.29) is 24.4 Å². The molecule has 0 bridgehead atoms. The van der Waals surface area contributed by atoms with Gasteiger partial charge in [-0.15, -0.1) is 12.4 Å². The zero-order valence-corrected chi connectivity index (χ0v) is 12.2. The monoisotopic (exact) mass is 294 g/mol. The maximum Gasteiger partial charge on any atom is 0.287 e. The molecule has 0 saturated heterocycles. The smallest absolute Gasteiger partial charge is 0.287 e. The van der Waals surface area contributed by atoms with Gasteiger partial charge in [0.05, 0.1) is 0 Å². The largest absolute Gasteiger partial charge is 0.451 e. The molecule has 3 rings (SSSR count). The number of hydrogen-bond acceptors (Lipinski definition) is 3. The van der Waals surface area contributed by atoms with Crippen molar-refractivity contribution in [2.24, 2.45) is 11.7 Å². The number of carbonyl (C=O) groups is 1. The molecular formula is C15H19ClN2O2. The molecule has 1 aliphatic carbocycles. The van der Waals surface area contributed by atoms with E-state index in [0.717, 1.165) is 16.5 Å². The normalized spacial score (nSPS) is 15.7. The molecule has 20 heavy (non-hydrogen) atoms. The molecule has 1 amide bonds. The van der Waals surface area contributed by atoms with Gasteiger partial charge in [0.2, 0.25) is 0 Å². The lowest BCUT2D eigenvalue weighted by Gasteiger charge is -2.10. The molecule has 1 heterocycles. The Kier molecular flexibility index (Phi) is 4.35. The summed E-state index contributed by atoms with van der Waals surface area (Å²) < 4.78 is 5.62. The summed E-state index contributed by atoms with van der Waals surface area (Å²) in [4.78, 5) is 12.1. The third kappa shape index (κ3) is 2.81. The Morgan fingerprint density at radius 3 is 2.80 bits per heavy atom. The van der Waals surface area contributed by atoms with Gasteiger partial charge in [0.1, 0.15) is 5.58 Å². The van der Waals surface area contributed by atoms with E-state index in [1.165, 1.54) is 12.8 Å². The molecule has 1 aromatic carbocycles. The SMILES string of the molecule is Cc1c(C(=O)NCC(N)C2CC2)oc2ccccc12.Cl. The van der Waals surface area contributed by atoms with Crippen molar-refractivity contribution >= 4 is 29.3 Å². The average Bonchev–Trinajstić information content (AvgIpc) is 3.21. The lowest BCUT2D eigenvalue weighted by molar-refractivity contribution is 0.0924. The number of amides is 1. The fourth-order valence-electron chi connectivity index (χ4n) is 2.37. The van der Waals surface area contributed by atoms with E-state index < -0.39 is 0 Å². The lowest BCUT2D eigenvalue weighted by atomic mass is 10.1. The van der Waals surface area contributed by atoms with Crippen LogP contribution in [0.15, 0.2) is 28.7 Å². The number of carbonyl (C=O) groups excluding carboxylic acids is 1. The zero-order chi connectivity index (χ0) is 13.4. The van der Waals surface area contributed by atoms with Gasteiger partial charge in [-0.2, -0.15) is 0 Å². The molecule has 2 aromatic rings. The van der Waals surface area contributed by atoms with Gasteiger partial charge in [-0.3, -0.25) is 4.79 Å². The Labute approximate surface area is 124 Å². The van der Waals surface area contributed by atoms with Crippen LogP contribution in [0, 0.1) is 12.8 Å². The van der Waals surface area contributed by atoms with Crippen LogP contribution in [-0.4, -0.2) is 18.5 Å². The molecule has 5 heteroatoms. The Balaban J connectivity index is 0.00000147. The summed E-state index contributed by atoms with van der Waals surface area (Å²) in [6.07, 6.45) is 2.36. The zero-order valence-electron chi connectivity index (χ0n) is 11.4. The second-order valence-corrected chi connectivity index (χ2v) is 5.26. The first-order chi connectivity index (χ1) is 9.16. The number of para-hydroxylation sites is 1. The van der Waals surface area contributed by atoms with Crippen molar-refractivity contribution in [3.05, 3.63) is 35.6 Å². The number of nitrogens with one attached hydrogen (secondary N) is 1. The topological polar surface area (TPSA) is 68.3 Å². The number of nitrogens with two attached hydrogens (primary N) is 1. The summed E-state index contributed by atoms with van der Waals surface area (Å²) >= 11 is 0. The fraction of sp³-hybridized carbons (Fsp3) is 0.400. The van der Waals surface area contributed by atoms with Gasteiger partial charge in [0.25, 0.3) is 5.91 Å². The number of aryl methyl sites for hydroxylation is 1. The molecule has 1 aliphatic rings. The first kappa shape index (κ1) is 14.9. The molecule has 1 saturated carbocycles. The van der Waals surface area contributed by atoms with Crippen molar-refractivity contribution in [1.82, 2.24) is 5.32 Å². The predicted molar refractivity (Wildman–Crippen MR) is 81.2 cm³/mol. The van der Waals surface area contributed by atoms with Crippen molar-refractivity contribution in [2.45, 2.75) is 25.8 Å². The van der Waals surface area contributed by atoms with Gasteiger partial charge < -0.3 is 15.5 Å². The Morgan fingerprint density at radius 1 is 1.45 bits per heavy atom. The summed E-state index contributed by atoms with van der Waals surface area (Å²) in [5.41, 5.74) is 7.60. The molecule has 1 aromatic heterocycles. The number of halogens is 1. The van der Waals surface area contributed by atoms with Crippen LogP contribution in [0.1, 0.15) is 29.0 Å². The fourth-order valence-corrected chi connectivity index (χ4v) is 2.37. The molecule has 108 valence electrons. The summed E-state index contributed by atoms with van der Waals surface area (Å²) in [6.45, 7) is 2.42. The summed E-state index contributed by atoms with van der Waals surface area (Å²) in [7, 11) is 0. The minimum absolute atomic E-state index is 0. The number of rotatable bonds is 4. The Hall–Kier alpha value is -1.52. The van der Waals surface area contributed by atoms with Crippen LogP contribution in [-0.2, 0) is 0 Å². The quantitative estimate of drug-likeness (QED) is 0.911. The lowest BCUT2D eigenvalue weighted by Crippen LogP contribution is -2.38. The number of benzene rings is 1. The van der Waals surface area contributed by atoms with Crippen molar-refractivity contribution in [3.63, 3.8) is 0 Å². The van der Waals surface area contributed by atoms with Crippen LogP contribution in [0.3, 0.4) is 0 Å². The molecule has 4 nitrogen and oxygen atoms in total. The van der Waals surface area contributed by atoms with E-state index >= 15 is 0 Å². The first-order valence-electron chi connectivity index (χ1n) is 6.68. The highest BCUT2D eigenvalue weighted by Crippen LogP contribution is 2.31. The summed E-state index contributed by atoms with van der Waals surface area (Å²) in [6, 6.07) is 7.73. The second kappa shape index (κ2) is 5.85. The minimum atomic E-state index is -0.176. The molecular weight excluding hydrogens is 276 g/mol. The van der Waals surface area contributed by atoms with Gasteiger partial charge in [0, 0.05) is 23.5 Å². The number of hydrogen-bond donors (Lipinski definition) is 2.